The first kappa shape index (κ1) is 12.2. The van der Waals surface area contributed by atoms with Crippen LogP contribution in [0.25, 0.3) is 0 Å². The molecular weight excluding hydrogens is 230 g/mol. The van der Waals surface area contributed by atoms with Crippen LogP contribution in [0, 0.1) is 6.92 Å². The molecule has 0 amide bonds. The van der Waals surface area contributed by atoms with Crippen LogP contribution in [0.5, 0.6) is 0 Å². The zero-order valence-corrected chi connectivity index (χ0v) is 10.6. The standard InChI is InChI=1S/C15H16ClN/c1-11-7-8-12(9-14(11)16)10-15(17)13-5-3-2-4-6-13/h2-9,15H,10,17H2,1H3/t15-/m0/s1. The molecule has 0 fully saturated rings. The Hall–Kier alpha value is -1.31. The van der Waals surface area contributed by atoms with E-state index in [1.165, 1.54) is 5.56 Å². The molecule has 0 heterocycles. The van der Waals surface area contributed by atoms with Crippen molar-refractivity contribution in [1.82, 2.24) is 0 Å². The van der Waals surface area contributed by atoms with Gasteiger partial charge in [0.05, 0.1) is 0 Å². The van der Waals surface area contributed by atoms with Gasteiger partial charge in [-0.1, -0.05) is 54.1 Å². The Kier molecular flexibility index (Phi) is 3.82. The molecule has 0 saturated carbocycles. The molecule has 0 aliphatic rings. The number of halogens is 1. The van der Waals surface area contributed by atoms with E-state index in [0.29, 0.717) is 0 Å². The first-order valence-corrected chi connectivity index (χ1v) is 6.10. The Morgan fingerprint density at radius 3 is 2.47 bits per heavy atom. The molecule has 2 aromatic rings. The van der Waals surface area contributed by atoms with Crippen molar-refractivity contribution in [3.8, 4) is 0 Å². The third-order valence-electron chi connectivity index (χ3n) is 2.92. The van der Waals surface area contributed by atoms with E-state index in [1.54, 1.807) is 0 Å². The second kappa shape index (κ2) is 5.35. The zero-order valence-electron chi connectivity index (χ0n) is 9.86. The number of hydrogen-bond donors (Lipinski definition) is 1. The lowest BCUT2D eigenvalue weighted by Gasteiger charge is -2.12. The molecule has 0 saturated heterocycles. The maximum Gasteiger partial charge on any atom is 0.0437 e. The average Bonchev–Trinajstić information content (AvgIpc) is 2.35. The molecule has 1 atom stereocenters. The summed E-state index contributed by atoms with van der Waals surface area (Å²) in [6, 6.07) is 16.3. The van der Waals surface area contributed by atoms with Gasteiger partial charge in [0.2, 0.25) is 0 Å². The van der Waals surface area contributed by atoms with Gasteiger partial charge in [0.15, 0.2) is 0 Å². The van der Waals surface area contributed by atoms with Crippen LogP contribution in [0.1, 0.15) is 22.7 Å². The summed E-state index contributed by atoms with van der Waals surface area (Å²) < 4.78 is 0. The monoisotopic (exact) mass is 245 g/mol. The number of benzene rings is 2. The van der Waals surface area contributed by atoms with Crippen molar-refractivity contribution >= 4 is 11.6 Å². The van der Waals surface area contributed by atoms with Gasteiger partial charge in [-0.05, 0) is 36.1 Å². The predicted octanol–water partition coefficient (Wildman–Crippen LogP) is 3.89. The largest absolute Gasteiger partial charge is 0.324 e. The van der Waals surface area contributed by atoms with Crippen molar-refractivity contribution in [2.24, 2.45) is 5.73 Å². The molecule has 0 aliphatic heterocycles. The van der Waals surface area contributed by atoms with Gasteiger partial charge in [0, 0.05) is 11.1 Å². The lowest BCUT2D eigenvalue weighted by atomic mass is 9.99. The van der Waals surface area contributed by atoms with Crippen molar-refractivity contribution < 1.29 is 0 Å². The van der Waals surface area contributed by atoms with E-state index in [4.69, 9.17) is 17.3 Å². The minimum Gasteiger partial charge on any atom is -0.324 e. The molecule has 2 rings (SSSR count). The van der Waals surface area contributed by atoms with Crippen LogP contribution >= 0.6 is 11.6 Å². The highest BCUT2D eigenvalue weighted by molar-refractivity contribution is 6.31. The fraction of sp³-hybridized carbons (Fsp3) is 0.200. The minimum absolute atomic E-state index is 0.0231. The molecule has 0 spiro atoms. The molecule has 0 bridgehead atoms. The second-order valence-electron chi connectivity index (χ2n) is 4.30. The van der Waals surface area contributed by atoms with E-state index in [2.05, 4.69) is 18.2 Å². The van der Waals surface area contributed by atoms with Gasteiger partial charge in [0.1, 0.15) is 0 Å². The van der Waals surface area contributed by atoms with Gasteiger partial charge >= 0.3 is 0 Å². The number of aryl methyl sites for hydroxylation is 1. The normalized spacial score (nSPS) is 12.4. The summed E-state index contributed by atoms with van der Waals surface area (Å²) in [6.07, 6.45) is 0.810. The minimum atomic E-state index is 0.0231. The highest BCUT2D eigenvalue weighted by atomic mass is 35.5. The Morgan fingerprint density at radius 2 is 1.82 bits per heavy atom. The van der Waals surface area contributed by atoms with E-state index in [1.807, 2.05) is 37.3 Å². The summed E-state index contributed by atoms with van der Waals surface area (Å²) in [5.41, 5.74) is 9.61. The van der Waals surface area contributed by atoms with E-state index in [9.17, 15) is 0 Å². The smallest absolute Gasteiger partial charge is 0.0437 e. The Morgan fingerprint density at radius 1 is 1.12 bits per heavy atom. The van der Waals surface area contributed by atoms with Crippen molar-refractivity contribution in [3.05, 3.63) is 70.2 Å². The molecule has 88 valence electrons. The van der Waals surface area contributed by atoms with Crippen molar-refractivity contribution in [3.63, 3.8) is 0 Å². The van der Waals surface area contributed by atoms with Crippen molar-refractivity contribution in [2.75, 3.05) is 0 Å². The van der Waals surface area contributed by atoms with E-state index in [-0.39, 0.29) is 6.04 Å². The van der Waals surface area contributed by atoms with Crippen LogP contribution in [-0.4, -0.2) is 0 Å². The molecular formula is C15H16ClN. The van der Waals surface area contributed by atoms with E-state index >= 15 is 0 Å². The molecule has 0 aliphatic carbocycles. The number of rotatable bonds is 3. The summed E-state index contributed by atoms with van der Waals surface area (Å²) >= 11 is 6.10. The van der Waals surface area contributed by atoms with E-state index < -0.39 is 0 Å². The first-order chi connectivity index (χ1) is 8.16. The third-order valence-corrected chi connectivity index (χ3v) is 3.33. The van der Waals surface area contributed by atoms with Crippen molar-refractivity contribution in [1.29, 1.82) is 0 Å². The topological polar surface area (TPSA) is 26.0 Å². The van der Waals surface area contributed by atoms with Gasteiger partial charge in [-0.25, -0.2) is 0 Å². The number of nitrogens with two attached hydrogens (primary N) is 1. The summed E-state index contributed by atoms with van der Waals surface area (Å²) in [5, 5.41) is 0.808. The Balaban J connectivity index is 2.13. The molecule has 0 radical (unpaired) electrons. The maximum absolute atomic E-state index is 6.17. The lowest BCUT2D eigenvalue weighted by molar-refractivity contribution is 0.722. The Bertz CT molecular complexity index is 494. The molecule has 1 nitrogen and oxygen atoms in total. The molecule has 2 N–H and O–H groups in total. The van der Waals surface area contributed by atoms with Crippen LogP contribution in [0.3, 0.4) is 0 Å². The SMILES string of the molecule is Cc1ccc(C[C@H](N)c2ccccc2)cc1Cl. The fourth-order valence-electron chi connectivity index (χ4n) is 1.84. The van der Waals surface area contributed by atoms with Crippen LogP contribution in [0.15, 0.2) is 48.5 Å². The lowest BCUT2D eigenvalue weighted by Crippen LogP contribution is -2.13. The van der Waals surface area contributed by atoms with Gasteiger partial charge in [-0.2, -0.15) is 0 Å². The molecule has 0 unspecified atom stereocenters. The van der Waals surface area contributed by atoms with E-state index in [0.717, 1.165) is 22.6 Å². The molecule has 0 aromatic heterocycles. The van der Waals surface area contributed by atoms with Gasteiger partial charge in [0.25, 0.3) is 0 Å². The second-order valence-corrected chi connectivity index (χ2v) is 4.71. The highest BCUT2D eigenvalue weighted by Gasteiger charge is 2.07. The number of hydrogen-bond acceptors (Lipinski definition) is 1. The summed E-state index contributed by atoms with van der Waals surface area (Å²) in [4.78, 5) is 0. The third kappa shape index (κ3) is 3.09. The summed E-state index contributed by atoms with van der Waals surface area (Å²) in [6.45, 7) is 2.00. The van der Waals surface area contributed by atoms with Gasteiger partial charge in [-0.15, -0.1) is 0 Å². The first-order valence-electron chi connectivity index (χ1n) is 5.72. The summed E-state index contributed by atoms with van der Waals surface area (Å²) in [5.74, 6) is 0. The van der Waals surface area contributed by atoms with Gasteiger partial charge < -0.3 is 5.73 Å². The fourth-order valence-corrected chi connectivity index (χ4v) is 2.04. The van der Waals surface area contributed by atoms with Crippen LogP contribution in [-0.2, 0) is 6.42 Å². The Labute approximate surface area is 107 Å². The zero-order chi connectivity index (χ0) is 12.3. The van der Waals surface area contributed by atoms with Crippen molar-refractivity contribution in [2.45, 2.75) is 19.4 Å². The van der Waals surface area contributed by atoms with Crippen LogP contribution in [0.4, 0.5) is 0 Å². The summed E-state index contributed by atoms with van der Waals surface area (Å²) in [7, 11) is 0. The maximum atomic E-state index is 6.17. The molecule has 17 heavy (non-hydrogen) atoms. The quantitative estimate of drug-likeness (QED) is 0.872. The predicted molar refractivity (Wildman–Crippen MR) is 73.3 cm³/mol. The van der Waals surface area contributed by atoms with Crippen LogP contribution in [0.2, 0.25) is 5.02 Å². The molecule has 2 aromatic carbocycles. The van der Waals surface area contributed by atoms with Gasteiger partial charge in [-0.3, -0.25) is 0 Å². The average molecular weight is 246 g/mol. The highest BCUT2D eigenvalue weighted by Crippen LogP contribution is 2.21. The van der Waals surface area contributed by atoms with Crippen LogP contribution < -0.4 is 5.73 Å². The molecule has 2 heteroatoms.